The number of nitrogens with zero attached hydrogens (tertiary/aromatic N) is 3. The molecular formula is C19H19ClN4O2. The number of imidazole rings is 1. The fraction of sp³-hybridized carbons (Fsp3) is 0.211. The first-order valence-electron chi connectivity index (χ1n) is 8.07. The lowest BCUT2D eigenvalue weighted by Gasteiger charge is -2.25. The van der Waals surface area contributed by atoms with Gasteiger partial charge in [0.25, 0.3) is 5.91 Å². The Bertz CT molecular complexity index is 902. The van der Waals surface area contributed by atoms with E-state index in [0.717, 1.165) is 11.6 Å². The molecule has 0 fully saturated rings. The van der Waals surface area contributed by atoms with Crippen LogP contribution in [0.2, 0.25) is 5.02 Å². The Kier molecular flexibility index (Phi) is 4.95. The number of hydrogen-bond acceptors (Lipinski definition) is 4. The smallest absolute Gasteiger partial charge is 0.268 e. The highest BCUT2D eigenvalue weighted by Gasteiger charge is 2.30. The maximum atomic E-state index is 12.6. The number of carbonyl (C=O) groups excluding carboxylic acids is 1. The van der Waals surface area contributed by atoms with Crippen LogP contribution >= 0.6 is 11.6 Å². The summed E-state index contributed by atoms with van der Waals surface area (Å²) in [6.45, 7) is 5.30. The zero-order valence-electron chi connectivity index (χ0n) is 14.7. The van der Waals surface area contributed by atoms with Crippen LogP contribution in [-0.2, 0) is 4.79 Å². The summed E-state index contributed by atoms with van der Waals surface area (Å²) in [4.78, 5) is 21.1. The average Bonchev–Trinajstić information content (AvgIpc) is 3.03. The second-order valence-electron chi connectivity index (χ2n) is 6.27. The first-order valence-corrected chi connectivity index (χ1v) is 8.45. The predicted molar refractivity (Wildman–Crippen MR) is 101 cm³/mol. The topological polar surface area (TPSA) is 69.0 Å². The summed E-state index contributed by atoms with van der Waals surface area (Å²) in [6, 6.07) is 10.5. The monoisotopic (exact) mass is 370 g/mol. The van der Waals surface area contributed by atoms with Crippen LogP contribution in [0.3, 0.4) is 0 Å². The second kappa shape index (κ2) is 7.17. The van der Waals surface area contributed by atoms with Gasteiger partial charge in [-0.25, -0.2) is 9.97 Å². The van der Waals surface area contributed by atoms with E-state index in [9.17, 15) is 4.79 Å². The Morgan fingerprint density at radius 1 is 1.15 bits per heavy atom. The van der Waals surface area contributed by atoms with Crippen LogP contribution in [0.15, 0.2) is 55.0 Å². The molecule has 3 rings (SSSR count). The van der Waals surface area contributed by atoms with Gasteiger partial charge in [0.15, 0.2) is 5.60 Å². The van der Waals surface area contributed by atoms with E-state index in [1.54, 1.807) is 56.6 Å². The molecule has 0 saturated heterocycles. The molecule has 7 heteroatoms. The molecule has 0 atom stereocenters. The molecule has 2 aromatic heterocycles. The van der Waals surface area contributed by atoms with Crippen LogP contribution in [-0.4, -0.2) is 26.0 Å². The molecule has 1 N–H and O–H groups in total. The van der Waals surface area contributed by atoms with Crippen molar-refractivity contribution in [2.24, 2.45) is 0 Å². The van der Waals surface area contributed by atoms with Crippen LogP contribution in [0, 0.1) is 6.92 Å². The highest BCUT2D eigenvalue weighted by molar-refractivity contribution is 6.30. The molecule has 0 saturated carbocycles. The number of carbonyl (C=O) groups is 1. The minimum absolute atomic E-state index is 0.277. The largest absolute Gasteiger partial charge is 0.478 e. The lowest BCUT2D eigenvalue weighted by molar-refractivity contribution is -0.128. The summed E-state index contributed by atoms with van der Waals surface area (Å²) >= 11 is 5.86. The summed E-state index contributed by atoms with van der Waals surface area (Å²) in [5.41, 5.74) is -0.475. The number of rotatable bonds is 5. The molecule has 0 spiro atoms. The Morgan fingerprint density at radius 3 is 2.46 bits per heavy atom. The standard InChI is InChI=1S/C19H19ClN4O2/c1-13-21-10-11-24(13)17-9-6-15(12-22-17)23-18(25)19(2,3)26-16-7-4-14(20)5-8-16/h4-12H,1-3H3,(H,23,25). The maximum Gasteiger partial charge on any atom is 0.268 e. The summed E-state index contributed by atoms with van der Waals surface area (Å²) < 4.78 is 7.65. The van der Waals surface area contributed by atoms with Crippen LogP contribution in [0.5, 0.6) is 5.75 Å². The highest BCUT2D eigenvalue weighted by atomic mass is 35.5. The Hall–Kier alpha value is -2.86. The third-order valence-electron chi connectivity index (χ3n) is 3.81. The minimum atomic E-state index is -1.06. The molecule has 1 amide bonds. The third-order valence-corrected chi connectivity index (χ3v) is 4.06. The van der Waals surface area contributed by atoms with Crippen molar-refractivity contribution >= 4 is 23.2 Å². The maximum absolute atomic E-state index is 12.6. The van der Waals surface area contributed by atoms with Gasteiger partial charge in [-0.3, -0.25) is 9.36 Å². The number of amides is 1. The molecule has 2 heterocycles. The van der Waals surface area contributed by atoms with Crippen molar-refractivity contribution in [1.82, 2.24) is 14.5 Å². The molecule has 0 unspecified atom stereocenters. The van der Waals surface area contributed by atoms with Gasteiger partial charge in [-0.15, -0.1) is 0 Å². The van der Waals surface area contributed by atoms with Crippen molar-refractivity contribution in [3.8, 4) is 11.6 Å². The number of nitrogens with one attached hydrogen (secondary N) is 1. The molecule has 0 aliphatic rings. The van der Waals surface area contributed by atoms with Gasteiger partial charge in [-0.05, 0) is 57.2 Å². The molecule has 1 aromatic carbocycles. The summed E-state index contributed by atoms with van der Waals surface area (Å²) in [5, 5.41) is 3.43. The number of halogens is 1. The zero-order valence-corrected chi connectivity index (χ0v) is 15.5. The van der Waals surface area contributed by atoms with Gasteiger partial charge in [0.05, 0.1) is 11.9 Å². The Balaban J connectivity index is 1.68. The van der Waals surface area contributed by atoms with Gasteiger partial charge in [0, 0.05) is 17.4 Å². The van der Waals surface area contributed by atoms with Crippen molar-refractivity contribution in [2.75, 3.05) is 5.32 Å². The average molecular weight is 371 g/mol. The molecule has 134 valence electrons. The lowest BCUT2D eigenvalue weighted by atomic mass is 10.1. The first kappa shape index (κ1) is 17.9. The molecule has 0 bridgehead atoms. The number of hydrogen-bond donors (Lipinski definition) is 1. The Labute approximate surface area is 156 Å². The van der Waals surface area contributed by atoms with Gasteiger partial charge < -0.3 is 10.1 Å². The van der Waals surface area contributed by atoms with Gasteiger partial charge >= 0.3 is 0 Å². The molecule has 0 aliphatic heterocycles. The van der Waals surface area contributed by atoms with E-state index in [1.807, 2.05) is 23.8 Å². The highest BCUT2D eigenvalue weighted by Crippen LogP contribution is 2.22. The number of aryl methyl sites for hydroxylation is 1. The fourth-order valence-electron chi connectivity index (χ4n) is 2.35. The summed E-state index contributed by atoms with van der Waals surface area (Å²) in [7, 11) is 0. The molecule has 3 aromatic rings. The van der Waals surface area contributed by atoms with Gasteiger partial charge in [0.1, 0.15) is 17.4 Å². The van der Waals surface area contributed by atoms with Crippen molar-refractivity contribution in [2.45, 2.75) is 26.4 Å². The van der Waals surface area contributed by atoms with E-state index in [-0.39, 0.29) is 5.91 Å². The van der Waals surface area contributed by atoms with E-state index in [2.05, 4.69) is 15.3 Å². The van der Waals surface area contributed by atoms with Crippen LogP contribution in [0.25, 0.3) is 5.82 Å². The van der Waals surface area contributed by atoms with Gasteiger partial charge in [-0.2, -0.15) is 0 Å². The molecular weight excluding hydrogens is 352 g/mol. The van der Waals surface area contributed by atoms with Crippen molar-refractivity contribution in [3.63, 3.8) is 0 Å². The Morgan fingerprint density at radius 2 is 1.88 bits per heavy atom. The summed E-state index contributed by atoms with van der Waals surface area (Å²) in [6.07, 6.45) is 5.15. The van der Waals surface area contributed by atoms with E-state index in [1.165, 1.54) is 0 Å². The molecule has 6 nitrogen and oxygen atoms in total. The SMILES string of the molecule is Cc1nccn1-c1ccc(NC(=O)C(C)(C)Oc2ccc(Cl)cc2)cn1. The quantitative estimate of drug-likeness (QED) is 0.736. The lowest BCUT2D eigenvalue weighted by Crippen LogP contribution is -2.42. The fourth-order valence-corrected chi connectivity index (χ4v) is 2.47. The van der Waals surface area contributed by atoms with Crippen LogP contribution < -0.4 is 10.1 Å². The number of benzene rings is 1. The van der Waals surface area contributed by atoms with E-state index in [0.29, 0.717) is 16.5 Å². The second-order valence-corrected chi connectivity index (χ2v) is 6.71. The normalized spacial score (nSPS) is 11.2. The van der Waals surface area contributed by atoms with Crippen LogP contribution in [0.4, 0.5) is 5.69 Å². The molecule has 0 aliphatic carbocycles. The van der Waals surface area contributed by atoms with Crippen LogP contribution in [0.1, 0.15) is 19.7 Å². The molecule has 0 radical (unpaired) electrons. The first-order chi connectivity index (χ1) is 12.3. The third kappa shape index (κ3) is 4.03. The van der Waals surface area contributed by atoms with Gasteiger partial charge in [0.2, 0.25) is 0 Å². The number of anilines is 1. The number of ether oxygens (including phenoxy) is 1. The predicted octanol–water partition coefficient (Wildman–Crippen LogP) is 4.03. The van der Waals surface area contributed by atoms with E-state index in [4.69, 9.17) is 16.3 Å². The van der Waals surface area contributed by atoms with Gasteiger partial charge in [-0.1, -0.05) is 11.6 Å². The van der Waals surface area contributed by atoms with E-state index < -0.39 is 5.60 Å². The molecule has 26 heavy (non-hydrogen) atoms. The minimum Gasteiger partial charge on any atom is -0.478 e. The number of aromatic nitrogens is 3. The van der Waals surface area contributed by atoms with Crippen molar-refractivity contribution in [3.05, 3.63) is 65.8 Å². The number of pyridine rings is 1. The summed E-state index contributed by atoms with van der Waals surface area (Å²) in [5.74, 6) is 1.86. The van der Waals surface area contributed by atoms with Crippen molar-refractivity contribution < 1.29 is 9.53 Å². The van der Waals surface area contributed by atoms with E-state index >= 15 is 0 Å². The van der Waals surface area contributed by atoms with Crippen molar-refractivity contribution in [1.29, 1.82) is 0 Å². The zero-order chi connectivity index (χ0) is 18.7.